The fourth-order valence-corrected chi connectivity index (χ4v) is 2.02. The number of benzene rings is 1. The van der Waals surface area contributed by atoms with E-state index in [1.807, 2.05) is 20.8 Å². The summed E-state index contributed by atoms with van der Waals surface area (Å²) in [4.78, 5) is 0. The fraction of sp³-hybridized carbons (Fsp3) is 0.625. The van der Waals surface area contributed by atoms with Crippen LogP contribution in [0.25, 0.3) is 0 Å². The van der Waals surface area contributed by atoms with Crippen LogP contribution in [-0.2, 0) is 12.7 Å². The first-order valence-corrected chi connectivity index (χ1v) is 7.34. The molecule has 0 spiro atoms. The number of nitrogens with one attached hydrogen (secondary N) is 1. The van der Waals surface area contributed by atoms with Gasteiger partial charge in [-0.05, 0) is 31.0 Å². The Morgan fingerprint density at radius 2 is 1.86 bits per heavy atom. The van der Waals surface area contributed by atoms with Gasteiger partial charge in [0.15, 0.2) is 0 Å². The van der Waals surface area contributed by atoms with Crippen molar-refractivity contribution in [3.63, 3.8) is 0 Å². The maximum atomic E-state index is 13.2. The van der Waals surface area contributed by atoms with Gasteiger partial charge in [-0.1, -0.05) is 33.3 Å². The molecule has 0 aromatic heterocycles. The third-order valence-corrected chi connectivity index (χ3v) is 3.09. The third kappa shape index (κ3) is 5.96. The molecular formula is C16H24F3NO. The molecule has 0 heterocycles. The van der Waals surface area contributed by atoms with Gasteiger partial charge >= 0.3 is 6.18 Å². The standard InChI is InChI=1S/C16H24F3NO/c1-5-6-12(4)21-15-8-7-13(10-20-11(2)3)9-14(15)16(17,18)19/h7-9,11-12,20H,5-6,10H2,1-4H3. The lowest BCUT2D eigenvalue weighted by Crippen LogP contribution is -2.22. The van der Waals surface area contributed by atoms with Gasteiger partial charge in [-0.25, -0.2) is 0 Å². The second-order valence-electron chi connectivity index (χ2n) is 5.58. The Kier molecular flexibility index (Phi) is 6.52. The Bertz CT molecular complexity index is 444. The first-order chi connectivity index (χ1) is 9.74. The van der Waals surface area contributed by atoms with Gasteiger partial charge in [0.25, 0.3) is 0 Å². The molecule has 0 fully saturated rings. The molecule has 0 amide bonds. The van der Waals surface area contributed by atoms with Crippen molar-refractivity contribution in [2.75, 3.05) is 0 Å². The maximum Gasteiger partial charge on any atom is 0.419 e. The minimum absolute atomic E-state index is 0.0863. The Morgan fingerprint density at radius 3 is 2.38 bits per heavy atom. The van der Waals surface area contributed by atoms with E-state index < -0.39 is 11.7 Å². The Hall–Kier alpha value is -1.23. The van der Waals surface area contributed by atoms with E-state index in [1.54, 1.807) is 13.0 Å². The van der Waals surface area contributed by atoms with E-state index in [-0.39, 0.29) is 17.9 Å². The van der Waals surface area contributed by atoms with Crippen LogP contribution in [0, 0.1) is 0 Å². The number of hydrogen-bond donors (Lipinski definition) is 1. The Balaban J connectivity index is 2.97. The zero-order valence-electron chi connectivity index (χ0n) is 13.1. The number of alkyl halides is 3. The van der Waals surface area contributed by atoms with E-state index in [4.69, 9.17) is 4.74 Å². The summed E-state index contributed by atoms with van der Waals surface area (Å²) in [5.41, 5.74) is -0.0972. The molecule has 0 radical (unpaired) electrons. The number of ether oxygens (including phenoxy) is 1. The van der Waals surface area contributed by atoms with E-state index in [2.05, 4.69) is 5.32 Å². The normalized spacial score (nSPS) is 13.5. The van der Waals surface area contributed by atoms with E-state index in [1.165, 1.54) is 12.1 Å². The monoisotopic (exact) mass is 303 g/mol. The van der Waals surface area contributed by atoms with Gasteiger partial charge in [0.05, 0.1) is 11.7 Å². The van der Waals surface area contributed by atoms with Crippen molar-refractivity contribution in [3.05, 3.63) is 29.3 Å². The van der Waals surface area contributed by atoms with Crippen LogP contribution in [0.5, 0.6) is 5.75 Å². The maximum absolute atomic E-state index is 13.2. The lowest BCUT2D eigenvalue weighted by molar-refractivity contribution is -0.139. The van der Waals surface area contributed by atoms with Crippen LogP contribution >= 0.6 is 0 Å². The molecule has 120 valence electrons. The zero-order valence-corrected chi connectivity index (χ0v) is 13.1. The molecule has 1 N–H and O–H groups in total. The summed E-state index contributed by atoms with van der Waals surface area (Å²) in [7, 11) is 0. The van der Waals surface area contributed by atoms with Crippen LogP contribution in [0.15, 0.2) is 18.2 Å². The SMILES string of the molecule is CCCC(C)Oc1ccc(CNC(C)C)cc1C(F)(F)F. The minimum Gasteiger partial charge on any atom is -0.490 e. The van der Waals surface area contributed by atoms with E-state index in [9.17, 15) is 13.2 Å². The first-order valence-electron chi connectivity index (χ1n) is 7.34. The molecule has 5 heteroatoms. The number of halogens is 3. The second-order valence-corrected chi connectivity index (χ2v) is 5.58. The largest absolute Gasteiger partial charge is 0.490 e. The van der Waals surface area contributed by atoms with E-state index in [0.29, 0.717) is 12.1 Å². The molecule has 1 aromatic carbocycles. The molecule has 1 aromatic rings. The highest BCUT2D eigenvalue weighted by Crippen LogP contribution is 2.37. The highest BCUT2D eigenvalue weighted by molar-refractivity contribution is 5.39. The van der Waals surface area contributed by atoms with E-state index >= 15 is 0 Å². The smallest absolute Gasteiger partial charge is 0.419 e. The van der Waals surface area contributed by atoms with Crippen molar-refractivity contribution < 1.29 is 17.9 Å². The van der Waals surface area contributed by atoms with Crippen LogP contribution in [0.1, 0.15) is 51.7 Å². The van der Waals surface area contributed by atoms with E-state index in [0.717, 1.165) is 12.8 Å². The molecule has 1 rings (SSSR count). The van der Waals surface area contributed by atoms with Gasteiger partial charge in [0.2, 0.25) is 0 Å². The van der Waals surface area contributed by atoms with Gasteiger partial charge in [-0.2, -0.15) is 13.2 Å². The topological polar surface area (TPSA) is 21.3 Å². The first kappa shape index (κ1) is 17.8. The summed E-state index contributed by atoms with van der Waals surface area (Å²) in [6.07, 6.45) is -3.03. The van der Waals surface area contributed by atoms with Crippen molar-refractivity contribution in [3.8, 4) is 5.75 Å². The average Bonchev–Trinajstić information content (AvgIpc) is 2.36. The molecule has 0 saturated heterocycles. The predicted octanol–water partition coefficient (Wildman–Crippen LogP) is 4.77. The van der Waals surface area contributed by atoms with Gasteiger partial charge in [0, 0.05) is 12.6 Å². The van der Waals surface area contributed by atoms with Crippen LogP contribution in [0.3, 0.4) is 0 Å². The highest BCUT2D eigenvalue weighted by Gasteiger charge is 2.35. The van der Waals surface area contributed by atoms with Crippen molar-refractivity contribution in [2.45, 2.75) is 65.4 Å². The quantitative estimate of drug-likeness (QED) is 0.783. The number of rotatable bonds is 7. The van der Waals surface area contributed by atoms with Gasteiger partial charge in [-0.3, -0.25) is 0 Å². The van der Waals surface area contributed by atoms with Crippen LogP contribution in [-0.4, -0.2) is 12.1 Å². The van der Waals surface area contributed by atoms with Crippen molar-refractivity contribution >= 4 is 0 Å². The predicted molar refractivity (Wildman–Crippen MR) is 78.4 cm³/mol. The molecule has 0 aliphatic rings. The summed E-state index contributed by atoms with van der Waals surface area (Å²) in [5.74, 6) is -0.0863. The summed E-state index contributed by atoms with van der Waals surface area (Å²) >= 11 is 0. The molecule has 0 aliphatic heterocycles. The Morgan fingerprint density at radius 1 is 1.19 bits per heavy atom. The molecule has 21 heavy (non-hydrogen) atoms. The van der Waals surface area contributed by atoms with Crippen molar-refractivity contribution in [2.24, 2.45) is 0 Å². The zero-order chi connectivity index (χ0) is 16.0. The second kappa shape index (κ2) is 7.69. The van der Waals surface area contributed by atoms with Crippen molar-refractivity contribution in [1.82, 2.24) is 5.32 Å². The lowest BCUT2D eigenvalue weighted by atomic mass is 10.1. The lowest BCUT2D eigenvalue weighted by Gasteiger charge is -2.19. The summed E-state index contributed by atoms with van der Waals surface area (Å²) in [5, 5.41) is 3.11. The Labute approximate surface area is 124 Å². The van der Waals surface area contributed by atoms with Gasteiger partial charge in [-0.15, -0.1) is 0 Å². The summed E-state index contributed by atoms with van der Waals surface area (Å²) in [6, 6.07) is 4.49. The molecule has 1 unspecified atom stereocenters. The number of hydrogen-bond acceptors (Lipinski definition) is 2. The molecule has 0 aliphatic carbocycles. The van der Waals surface area contributed by atoms with Gasteiger partial charge in [0.1, 0.15) is 5.75 Å². The average molecular weight is 303 g/mol. The molecule has 1 atom stereocenters. The molecule has 0 saturated carbocycles. The molecule has 0 bridgehead atoms. The van der Waals surface area contributed by atoms with Crippen LogP contribution < -0.4 is 10.1 Å². The van der Waals surface area contributed by atoms with Crippen molar-refractivity contribution in [1.29, 1.82) is 0 Å². The molecule has 2 nitrogen and oxygen atoms in total. The van der Waals surface area contributed by atoms with Gasteiger partial charge < -0.3 is 10.1 Å². The molecular weight excluding hydrogens is 279 g/mol. The summed E-state index contributed by atoms with van der Waals surface area (Å²) in [6.45, 7) is 8.08. The van der Waals surface area contributed by atoms with Crippen LogP contribution in [0.4, 0.5) is 13.2 Å². The van der Waals surface area contributed by atoms with Crippen LogP contribution in [0.2, 0.25) is 0 Å². The minimum atomic E-state index is -4.41. The fourth-order valence-electron chi connectivity index (χ4n) is 2.02. The third-order valence-electron chi connectivity index (χ3n) is 3.09. The highest BCUT2D eigenvalue weighted by atomic mass is 19.4. The summed E-state index contributed by atoms with van der Waals surface area (Å²) < 4.78 is 44.9.